The van der Waals surface area contributed by atoms with Gasteiger partial charge in [-0.3, -0.25) is 0 Å². The zero-order valence-electron chi connectivity index (χ0n) is 10.0. The highest BCUT2D eigenvalue weighted by molar-refractivity contribution is 9.10. The maximum Gasteiger partial charge on any atom is 0.162 e. The lowest BCUT2D eigenvalue weighted by atomic mass is 10.1. The summed E-state index contributed by atoms with van der Waals surface area (Å²) in [5.74, 6) is -1.21. The van der Waals surface area contributed by atoms with Crippen molar-refractivity contribution in [3.63, 3.8) is 0 Å². The first-order valence-corrected chi connectivity index (χ1v) is 6.37. The van der Waals surface area contributed by atoms with E-state index in [0.29, 0.717) is 10.2 Å². The molecule has 0 spiro atoms. The van der Waals surface area contributed by atoms with Gasteiger partial charge in [-0.15, -0.1) is 0 Å². The zero-order valence-corrected chi connectivity index (χ0v) is 11.6. The fourth-order valence-electron chi connectivity index (χ4n) is 1.59. The molecule has 0 bridgehead atoms. The van der Waals surface area contributed by atoms with Crippen molar-refractivity contribution in [1.29, 1.82) is 0 Å². The van der Waals surface area contributed by atoms with Crippen LogP contribution >= 0.6 is 15.9 Å². The Kier molecular flexibility index (Phi) is 4.17. The molecule has 0 saturated heterocycles. The minimum absolute atomic E-state index is 0.204. The van der Waals surface area contributed by atoms with Crippen molar-refractivity contribution < 1.29 is 18.6 Å². The van der Waals surface area contributed by atoms with E-state index in [1.807, 2.05) is 0 Å². The van der Waals surface area contributed by atoms with Crippen LogP contribution in [0.5, 0.6) is 11.5 Å². The fraction of sp³-hybridized carbons (Fsp3) is 0.143. The van der Waals surface area contributed by atoms with Gasteiger partial charge in [0, 0.05) is 10.5 Å². The monoisotopic (exact) mass is 328 g/mol. The molecular weight excluding hydrogens is 318 g/mol. The molecule has 100 valence electrons. The maximum absolute atomic E-state index is 13.0. The molecule has 1 atom stereocenters. The van der Waals surface area contributed by atoms with Crippen LogP contribution in [0.25, 0.3) is 0 Å². The molecule has 0 fully saturated rings. The van der Waals surface area contributed by atoms with Gasteiger partial charge in [0.2, 0.25) is 0 Å². The van der Waals surface area contributed by atoms with Crippen LogP contribution in [0.4, 0.5) is 8.78 Å². The normalized spacial score (nSPS) is 12.3. The average Bonchev–Trinajstić information content (AvgIpc) is 2.33. The number of benzene rings is 2. The molecule has 0 aliphatic heterocycles. The Morgan fingerprint density at radius 2 is 1.68 bits per heavy atom. The summed E-state index contributed by atoms with van der Waals surface area (Å²) in [5.41, 5.74) is 0.720. The summed E-state index contributed by atoms with van der Waals surface area (Å²) in [5, 5.41) is 9.49. The van der Waals surface area contributed by atoms with Crippen molar-refractivity contribution in [3.8, 4) is 11.5 Å². The smallest absolute Gasteiger partial charge is 0.162 e. The molecule has 1 N–H and O–H groups in total. The predicted molar refractivity (Wildman–Crippen MR) is 71.2 cm³/mol. The van der Waals surface area contributed by atoms with Crippen LogP contribution in [0, 0.1) is 11.6 Å². The Labute approximate surface area is 117 Å². The summed E-state index contributed by atoms with van der Waals surface area (Å²) in [4.78, 5) is 0. The van der Waals surface area contributed by atoms with Gasteiger partial charge in [0.1, 0.15) is 11.5 Å². The van der Waals surface area contributed by atoms with E-state index in [4.69, 9.17) is 4.74 Å². The molecule has 2 nitrogen and oxygen atoms in total. The number of ether oxygens (including phenoxy) is 1. The number of aliphatic hydroxyl groups excluding tert-OH is 1. The highest BCUT2D eigenvalue weighted by Crippen LogP contribution is 2.30. The van der Waals surface area contributed by atoms with Crippen LogP contribution in [0.1, 0.15) is 18.6 Å². The summed E-state index contributed by atoms with van der Waals surface area (Å²) in [6, 6.07) is 8.33. The summed E-state index contributed by atoms with van der Waals surface area (Å²) in [6.07, 6.45) is -0.605. The summed E-state index contributed by atoms with van der Waals surface area (Å²) in [6.45, 7) is 1.65. The molecular formula is C14H11BrF2O2. The predicted octanol–water partition coefficient (Wildman–Crippen LogP) is 4.57. The maximum atomic E-state index is 13.0. The van der Waals surface area contributed by atoms with Gasteiger partial charge in [0.25, 0.3) is 0 Å². The molecule has 5 heteroatoms. The second kappa shape index (κ2) is 5.67. The second-order valence-electron chi connectivity index (χ2n) is 4.04. The van der Waals surface area contributed by atoms with Gasteiger partial charge in [-0.2, -0.15) is 0 Å². The highest BCUT2D eigenvalue weighted by atomic mass is 79.9. The quantitative estimate of drug-likeness (QED) is 0.894. The Hall–Kier alpha value is -1.46. The summed E-state index contributed by atoms with van der Waals surface area (Å²) in [7, 11) is 0. The van der Waals surface area contributed by atoms with E-state index in [9.17, 15) is 13.9 Å². The van der Waals surface area contributed by atoms with Gasteiger partial charge in [-0.25, -0.2) is 8.78 Å². The van der Waals surface area contributed by atoms with Crippen molar-refractivity contribution in [3.05, 3.63) is 58.1 Å². The molecule has 2 aromatic carbocycles. The molecule has 0 heterocycles. The van der Waals surface area contributed by atoms with Gasteiger partial charge in [-0.1, -0.05) is 22.0 Å². The lowest BCUT2D eigenvalue weighted by Crippen LogP contribution is -1.93. The highest BCUT2D eigenvalue weighted by Gasteiger charge is 2.09. The molecule has 0 aliphatic carbocycles. The molecule has 0 saturated carbocycles. The third-order valence-electron chi connectivity index (χ3n) is 2.55. The number of aliphatic hydroxyl groups is 1. The van der Waals surface area contributed by atoms with Crippen LogP contribution in [0.15, 0.2) is 40.9 Å². The zero-order chi connectivity index (χ0) is 14.0. The van der Waals surface area contributed by atoms with Crippen molar-refractivity contribution in [2.75, 3.05) is 0 Å². The Morgan fingerprint density at radius 3 is 2.26 bits per heavy atom. The minimum Gasteiger partial charge on any atom is -0.457 e. The topological polar surface area (TPSA) is 29.5 Å². The lowest BCUT2D eigenvalue weighted by molar-refractivity contribution is 0.198. The van der Waals surface area contributed by atoms with E-state index in [-0.39, 0.29) is 5.75 Å². The van der Waals surface area contributed by atoms with E-state index >= 15 is 0 Å². The van der Waals surface area contributed by atoms with Gasteiger partial charge in [0.05, 0.1) is 6.10 Å². The molecule has 0 radical (unpaired) electrons. The van der Waals surface area contributed by atoms with Gasteiger partial charge >= 0.3 is 0 Å². The first kappa shape index (κ1) is 14.0. The van der Waals surface area contributed by atoms with E-state index in [0.717, 1.165) is 17.7 Å². The largest absolute Gasteiger partial charge is 0.457 e. The van der Waals surface area contributed by atoms with Crippen molar-refractivity contribution in [1.82, 2.24) is 0 Å². The van der Waals surface area contributed by atoms with Gasteiger partial charge < -0.3 is 9.84 Å². The molecule has 0 aromatic heterocycles. The van der Waals surface area contributed by atoms with Crippen LogP contribution in [0.2, 0.25) is 0 Å². The van der Waals surface area contributed by atoms with Gasteiger partial charge in [0.15, 0.2) is 11.6 Å². The second-order valence-corrected chi connectivity index (χ2v) is 4.89. The minimum atomic E-state index is -0.961. The standard InChI is InChI=1S/C14H11BrF2O2/c1-8(18)11-4-2-9(6-12(11)15)19-10-3-5-13(16)14(17)7-10/h2-8,18H,1H3. The lowest BCUT2D eigenvalue weighted by Gasteiger charge is -2.11. The molecule has 2 rings (SSSR count). The van der Waals surface area contributed by atoms with E-state index in [1.54, 1.807) is 25.1 Å². The van der Waals surface area contributed by atoms with Crippen LogP contribution in [0.3, 0.4) is 0 Å². The number of hydrogen-bond acceptors (Lipinski definition) is 2. The Bertz CT molecular complexity index is 600. The molecule has 19 heavy (non-hydrogen) atoms. The average molecular weight is 329 g/mol. The number of halogens is 3. The summed E-state index contributed by atoms with van der Waals surface area (Å²) >= 11 is 3.31. The SMILES string of the molecule is CC(O)c1ccc(Oc2ccc(F)c(F)c2)cc1Br. The van der Waals surface area contributed by atoms with Crippen LogP contribution in [-0.4, -0.2) is 5.11 Å². The van der Waals surface area contributed by atoms with Crippen molar-refractivity contribution in [2.45, 2.75) is 13.0 Å². The first-order chi connectivity index (χ1) is 8.97. The first-order valence-electron chi connectivity index (χ1n) is 5.58. The van der Waals surface area contributed by atoms with E-state index in [1.165, 1.54) is 6.07 Å². The third-order valence-corrected chi connectivity index (χ3v) is 3.24. The van der Waals surface area contributed by atoms with Crippen LogP contribution < -0.4 is 4.74 Å². The Morgan fingerprint density at radius 1 is 1.05 bits per heavy atom. The van der Waals surface area contributed by atoms with Crippen molar-refractivity contribution >= 4 is 15.9 Å². The molecule has 0 amide bonds. The molecule has 2 aromatic rings. The van der Waals surface area contributed by atoms with E-state index < -0.39 is 17.7 Å². The molecule has 1 unspecified atom stereocenters. The number of hydrogen-bond donors (Lipinski definition) is 1. The van der Waals surface area contributed by atoms with E-state index in [2.05, 4.69) is 15.9 Å². The Balaban J connectivity index is 2.24. The number of rotatable bonds is 3. The van der Waals surface area contributed by atoms with Crippen LogP contribution in [-0.2, 0) is 0 Å². The third kappa shape index (κ3) is 3.30. The van der Waals surface area contributed by atoms with Crippen molar-refractivity contribution in [2.24, 2.45) is 0 Å². The molecule has 0 aliphatic rings. The van der Waals surface area contributed by atoms with Gasteiger partial charge in [-0.05, 0) is 36.8 Å². The summed E-state index contributed by atoms with van der Waals surface area (Å²) < 4.78 is 31.9. The fourth-order valence-corrected chi connectivity index (χ4v) is 2.28.